The first-order chi connectivity index (χ1) is 32.3. The second-order valence-electron chi connectivity index (χ2n) is 21.0. The van der Waals surface area contributed by atoms with Crippen molar-refractivity contribution < 1.29 is 55.0 Å². The summed E-state index contributed by atoms with van der Waals surface area (Å²) in [7, 11) is -4.32. The molecule has 5 fully saturated rings. The number of carbonyl (C=O) groups excluding carboxylic acids is 4. The maximum atomic E-state index is 15.1. The first-order valence-corrected chi connectivity index (χ1v) is 27.0. The smallest absolute Gasteiger partial charge is 0.437 e. The van der Waals surface area contributed by atoms with E-state index in [0.29, 0.717) is 62.2 Å². The normalized spacial score (nSPS) is 29.8. The number of hydrogen-bond acceptors (Lipinski definition) is 11. The number of likely N-dealkylation sites (tertiary alicyclic amines) is 1. The standard InChI is InChI=1S/C48H64F3N6O9PS/c1-29(2)26-65-44(61)53-36-9-7-5-4-6-8-10-38-47(67-38,43(60)55-68(62,63)45(3)19-20-45)54-41(58)37-24-46(28-57(37)42(36)59)18-15-33-34-23-32(13-14-35(34)52-40(39(33)66-46)48(49,50)51)64-27-31-16-21-56(22-17-31)25-30-11-12-30/h8,10,13-14,23,29-31,36-38,67H,4-7,9,11-12,15-22,24-28H2,1-3H3,(H,53,61)(H,54,58)(H,55,60)/b10-8-/t36-,37-,38-,46+,47-/m0/s1. The molecule has 5 aliphatic heterocycles. The lowest BCUT2D eigenvalue weighted by atomic mass is 9.87. The third-order valence-electron chi connectivity index (χ3n) is 14.9. The van der Waals surface area contributed by atoms with Crippen molar-refractivity contribution in [2.75, 3.05) is 39.4 Å². The Morgan fingerprint density at radius 2 is 1.81 bits per heavy atom. The largest absolute Gasteiger partial charge is 0.493 e. The highest BCUT2D eigenvalue weighted by Crippen LogP contribution is 2.60. The molecule has 2 saturated carbocycles. The van der Waals surface area contributed by atoms with Crippen LogP contribution in [0.1, 0.15) is 115 Å². The number of halogens is 3. The number of allylic oxidation sites excluding steroid dienone is 1. The number of sulfonamides is 1. The van der Waals surface area contributed by atoms with Crippen molar-refractivity contribution in [3.05, 3.63) is 41.6 Å². The van der Waals surface area contributed by atoms with Gasteiger partial charge in [0.1, 0.15) is 28.7 Å². The summed E-state index contributed by atoms with van der Waals surface area (Å²) in [4.78, 5) is 64.8. The van der Waals surface area contributed by atoms with Gasteiger partial charge < -0.3 is 34.6 Å². The molecule has 372 valence electrons. The van der Waals surface area contributed by atoms with Gasteiger partial charge in [0.05, 0.1) is 30.0 Å². The summed E-state index contributed by atoms with van der Waals surface area (Å²) in [6.45, 7) is 8.71. The van der Waals surface area contributed by atoms with E-state index in [1.54, 1.807) is 19.1 Å². The number of nitrogens with one attached hydrogen (secondary N) is 3. The number of nitrogens with zero attached hydrogens (tertiary/aromatic N) is 3. The van der Waals surface area contributed by atoms with Crippen LogP contribution in [0, 0.1) is 17.8 Å². The van der Waals surface area contributed by atoms with E-state index in [0.717, 1.165) is 38.4 Å². The Balaban J connectivity index is 1.01. The molecule has 3 N–H and O–H groups in total. The number of aryl methyl sites for hydroxylation is 1. The number of piperidine rings is 1. The lowest BCUT2D eigenvalue weighted by molar-refractivity contribution is -0.144. The van der Waals surface area contributed by atoms with Crippen LogP contribution in [0.15, 0.2) is 30.4 Å². The molecule has 1 spiro atoms. The van der Waals surface area contributed by atoms with Crippen LogP contribution in [0.4, 0.5) is 18.0 Å². The molecule has 0 bridgehead atoms. The molecule has 6 heterocycles. The number of aromatic nitrogens is 1. The summed E-state index contributed by atoms with van der Waals surface area (Å²) in [6.07, 6.45) is 5.97. The summed E-state index contributed by atoms with van der Waals surface area (Å²) in [6, 6.07) is 2.33. The molecule has 1 aromatic carbocycles. The van der Waals surface area contributed by atoms with Crippen LogP contribution in [-0.2, 0) is 41.7 Å². The van der Waals surface area contributed by atoms with Crippen LogP contribution in [-0.4, -0.2) is 120 Å². The van der Waals surface area contributed by atoms with E-state index in [4.69, 9.17) is 14.2 Å². The first kappa shape index (κ1) is 48.8. The van der Waals surface area contributed by atoms with E-state index < -0.39 is 84.8 Å². The molecule has 15 nitrogen and oxygen atoms in total. The third kappa shape index (κ3) is 10.5. The zero-order valence-electron chi connectivity index (χ0n) is 39.1. The molecule has 9 rings (SSSR count). The maximum absolute atomic E-state index is 15.1. The van der Waals surface area contributed by atoms with Crippen molar-refractivity contribution in [1.29, 1.82) is 0 Å². The molecule has 2 aliphatic carbocycles. The average Bonchev–Trinajstić information content (AvgIpc) is 4.25. The van der Waals surface area contributed by atoms with Crippen LogP contribution in [0.25, 0.3) is 10.9 Å². The Labute approximate surface area is 397 Å². The summed E-state index contributed by atoms with van der Waals surface area (Å²) >= 11 is 0. The van der Waals surface area contributed by atoms with Crippen molar-refractivity contribution in [3.8, 4) is 11.5 Å². The van der Waals surface area contributed by atoms with Gasteiger partial charge in [-0.3, -0.25) is 19.1 Å². The highest BCUT2D eigenvalue weighted by atomic mass is 32.2. The van der Waals surface area contributed by atoms with Crippen LogP contribution >= 0.6 is 8.58 Å². The number of hydrogen-bond donors (Lipinski definition) is 3. The summed E-state index contributed by atoms with van der Waals surface area (Å²) in [5, 5.41) is 4.34. The molecule has 0 radical (unpaired) electrons. The van der Waals surface area contributed by atoms with Gasteiger partial charge in [0.2, 0.25) is 21.8 Å². The molecule has 68 heavy (non-hydrogen) atoms. The fourth-order valence-electron chi connectivity index (χ4n) is 10.2. The van der Waals surface area contributed by atoms with Gasteiger partial charge in [-0.2, -0.15) is 13.2 Å². The lowest BCUT2D eigenvalue weighted by Gasteiger charge is -2.37. The number of fused-ring (bicyclic) bond motifs is 5. The van der Waals surface area contributed by atoms with Gasteiger partial charge in [-0.15, -0.1) is 0 Å². The number of benzene rings is 1. The number of rotatable bonds is 11. The number of amides is 4. The Hall–Kier alpha value is -4.22. The number of pyridine rings is 1. The number of alkyl halides is 3. The second-order valence-corrected chi connectivity index (χ2v) is 24.9. The van der Waals surface area contributed by atoms with Gasteiger partial charge in [-0.1, -0.05) is 47.4 Å². The van der Waals surface area contributed by atoms with Crippen LogP contribution < -0.4 is 24.8 Å². The van der Waals surface area contributed by atoms with E-state index in [1.807, 2.05) is 26.0 Å². The molecule has 6 atom stereocenters. The predicted molar refractivity (Wildman–Crippen MR) is 249 cm³/mol. The second kappa shape index (κ2) is 18.8. The van der Waals surface area contributed by atoms with Gasteiger partial charge in [-0.25, -0.2) is 18.2 Å². The van der Waals surface area contributed by atoms with Crippen molar-refractivity contribution in [2.45, 2.75) is 150 Å². The average molecular weight is 989 g/mol. The Morgan fingerprint density at radius 1 is 1.04 bits per heavy atom. The molecule has 20 heteroatoms. The van der Waals surface area contributed by atoms with E-state index in [9.17, 15) is 27.6 Å². The maximum Gasteiger partial charge on any atom is 0.437 e. The summed E-state index contributed by atoms with van der Waals surface area (Å²) < 4.78 is 91.2. The van der Waals surface area contributed by atoms with Crippen molar-refractivity contribution in [2.24, 2.45) is 17.8 Å². The Kier molecular flexibility index (Phi) is 13.5. The van der Waals surface area contributed by atoms with E-state index in [1.165, 1.54) is 23.8 Å². The number of ether oxygens (including phenoxy) is 3. The highest BCUT2D eigenvalue weighted by molar-refractivity contribution is 7.91. The number of carbonyl (C=O) groups is 4. The minimum Gasteiger partial charge on any atom is -0.493 e. The van der Waals surface area contributed by atoms with Crippen LogP contribution in [0.3, 0.4) is 0 Å². The van der Waals surface area contributed by atoms with Gasteiger partial charge >= 0.3 is 12.3 Å². The minimum atomic E-state index is -4.94. The molecular weight excluding hydrogens is 925 g/mol. The summed E-state index contributed by atoms with van der Waals surface area (Å²) in [5.74, 6) is -1.13. The molecule has 1 aromatic heterocycles. The van der Waals surface area contributed by atoms with Crippen molar-refractivity contribution >= 4 is 53.3 Å². The molecule has 4 amide bonds. The lowest BCUT2D eigenvalue weighted by Crippen LogP contribution is -2.58. The van der Waals surface area contributed by atoms with E-state index in [2.05, 4.69) is 25.2 Å². The van der Waals surface area contributed by atoms with Gasteiger partial charge in [0.25, 0.3) is 5.91 Å². The molecular formula is C48H64F3N6O9PS. The molecule has 1 unspecified atom stereocenters. The topological polar surface area (TPSA) is 186 Å². The van der Waals surface area contributed by atoms with Gasteiger partial charge in [-0.05, 0) is 127 Å². The third-order valence-corrected chi connectivity index (χ3v) is 18.8. The number of alkyl carbamates (subject to hydrolysis) is 1. The molecule has 3 saturated heterocycles. The van der Waals surface area contributed by atoms with Crippen LogP contribution in [0.2, 0.25) is 0 Å². The van der Waals surface area contributed by atoms with Gasteiger partial charge in [0.15, 0.2) is 11.4 Å². The molecule has 2 aromatic rings. The van der Waals surface area contributed by atoms with E-state index in [-0.39, 0.29) is 64.4 Å². The van der Waals surface area contributed by atoms with E-state index >= 15 is 13.2 Å². The fourth-order valence-corrected chi connectivity index (χ4v) is 12.9. The first-order valence-electron chi connectivity index (χ1n) is 24.4. The van der Waals surface area contributed by atoms with Gasteiger partial charge in [0, 0.05) is 29.6 Å². The summed E-state index contributed by atoms with van der Waals surface area (Å²) in [5.41, 5.74) is -2.88. The Morgan fingerprint density at radius 3 is 2.51 bits per heavy atom. The Bertz CT molecular complexity index is 2440. The quantitative estimate of drug-likeness (QED) is 0.164. The molecule has 7 aliphatic rings. The van der Waals surface area contributed by atoms with Crippen molar-refractivity contribution in [1.82, 2.24) is 30.1 Å². The fraction of sp³-hybridized carbons (Fsp3) is 0.688. The minimum absolute atomic E-state index is 0.00529. The SMILES string of the molecule is CC(C)COC(=O)N[C@H]1CCCCC/C=C\[C@@H]2P[C@@]2(C(=O)NS(=O)(=O)C2(C)CC2)NC(=O)[C@@H]2C[C@]3(CCc4c(c(C(F)(F)F)nc5ccc(OCC6CCN(CC7CC7)CC6)cc45)O3)CN2C1=O. The zero-order valence-corrected chi connectivity index (χ0v) is 40.9. The van der Waals surface area contributed by atoms with Crippen LogP contribution in [0.5, 0.6) is 11.5 Å². The monoisotopic (exact) mass is 988 g/mol. The van der Waals surface area contributed by atoms with Crippen molar-refractivity contribution in [3.63, 3.8) is 0 Å². The zero-order chi connectivity index (χ0) is 48.2. The predicted octanol–water partition coefficient (Wildman–Crippen LogP) is 6.56. The highest BCUT2D eigenvalue weighted by Gasteiger charge is 2.64.